The maximum absolute atomic E-state index is 11.0. The Bertz CT molecular complexity index is 359. The van der Waals surface area contributed by atoms with Gasteiger partial charge in [-0.2, -0.15) is 0 Å². The number of ether oxygens (including phenoxy) is 1. The Morgan fingerprint density at radius 1 is 1.18 bits per heavy atom. The van der Waals surface area contributed by atoms with Gasteiger partial charge >= 0.3 is 0 Å². The lowest BCUT2D eigenvalue weighted by Gasteiger charge is -2.00. The maximum Gasteiger partial charge on any atom is 0.235 e. The minimum absolute atomic E-state index is 0.0347. The highest BCUT2D eigenvalue weighted by atomic mass is 32.2. The molecule has 1 fully saturated rings. The van der Waals surface area contributed by atoms with Gasteiger partial charge in [-0.05, 0) is 18.4 Å². The van der Waals surface area contributed by atoms with Crippen LogP contribution in [0.5, 0.6) is 0 Å². The lowest BCUT2D eigenvalue weighted by Crippen LogP contribution is -2.00. The second kappa shape index (κ2) is 7.53. The van der Waals surface area contributed by atoms with Gasteiger partial charge < -0.3 is 4.74 Å². The van der Waals surface area contributed by atoms with Crippen LogP contribution in [-0.4, -0.2) is 26.9 Å². The fourth-order valence-electron chi connectivity index (χ4n) is 1.69. The van der Waals surface area contributed by atoms with Crippen LogP contribution in [0.2, 0.25) is 0 Å². The Kier molecular flexibility index (Phi) is 6.32. The molecule has 1 aliphatic rings. The molecule has 1 saturated heterocycles. The van der Waals surface area contributed by atoms with E-state index in [4.69, 9.17) is 10.3 Å². The van der Waals surface area contributed by atoms with Crippen LogP contribution in [0.4, 0.5) is 0 Å². The summed E-state index contributed by atoms with van der Waals surface area (Å²) in [6.45, 7) is 0.928. The van der Waals surface area contributed by atoms with Crippen LogP contribution < -0.4 is 0 Å². The van der Waals surface area contributed by atoms with E-state index in [1.54, 1.807) is 0 Å². The molecule has 6 nitrogen and oxygen atoms in total. The van der Waals surface area contributed by atoms with Gasteiger partial charge in [0.05, 0.1) is 18.5 Å². The third-order valence-corrected chi connectivity index (χ3v) is 3.87. The normalized spacial score (nSPS) is 18.7. The first-order valence-electron chi connectivity index (χ1n) is 6.05. The van der Waals surface area contributed by atoms with Crippen molar-refractivity contribution in [1.29, 1.82) is 0 Å². The summed E-state index contributed by atoms with van der Waals surface area (Å²) in [4.78, 5) is 2.29. The molecule has 0 aromatic heterocycles. The number of hydrogen-bond acceptors (Lipinski definition) is 3. The van der Waals surface area contributed by atoms with E-state index in [9.17, 15) is 8.42 Å². The van der Waals surface area contributed by atoms with Crippen LogP contribution in [0, 0.1) is 0 Å². The van der Waals surface area contributed by atoms with Crippen LogP contribution in [0.3, 0.4) is 0 Å². The SMILES string of the molecule is [N-]=[N+]=NS(=O)(=O)CCCCCCCCC1CO1. The summed E-state index contributed by atoms with van der Waals surface area (Å²) < 4.78 is 29.9. The number of rotatable bonds is 10. The predicted octanol–water partition coefficient (Wildman–Crippen LogP) is 2.76. The van der Waals surface area contributed by atoms with Gasteiger partial charge in [-0.1, -0.05) is 32.1 Å². The predicted molar refractivity (Wildman–Crippen MR) is 65.0 cm³/mol. The Hall–Kier alpha value is -0.780. The lowest BCUT2D eigenvalue weighted by atomic mass is 10.1. The fourth-order valence-corrected chi connectivity index (χ4v) is 2.46. The second-order valence-corrected chi connectivity index (χ2v) is 6.06. The van der Waals surface area contributed by atoms with Gasteiger partial charge in [0, 0.05) is 9.43 Å². The zero-order chi connectivity index (χ0) is 12.6. The molecule has 0 aliphatic carbocycles. The standard InChI is InChI=1S/C10H19N3O3S/c11-12-13-17(14,15)8-6-4-2-1-3-5-7-10-9-16-10/h10H,1-9H2. The summed E-state index contributed by atoms with van der Waals surface area (Å²) in [5, 5.41) is 0. The number of unbranched alkanes of at least 4 members (excludes halogenated alkanes) is 5. The van der Waals surface area contributed by atoms with Crippen molar-refractivity contribution < 1.29 is 13.2 Å². The topological polar surface area (TPSA) is 95.4 Å². The highest BCUT2D eigenvalue weighted by Crippen LogP contribution is 2.18. The zero-order valence-corrected chi connectivity index (χ0v) is 10.7. The Labute approximate surface area is 102 Å². The van der Waals surface area contributed by atoms with Gasteiger partial charge in [0.2, 0.25) is 10.0 Å². The number of nitrogens with zero attached hydrogens (tertiary/aromatic N) is 3. The smallest absolute Gasteiger partial charge is 0.235 e. The fraction of sp³-hybridized carbons (Fsp3) is 1.00. The highest BCUT2D eigenvalue weighted by Gasteiger charge is 2.20. The first-order valence-corrected chi connectivity index (χ1v) is 7.65. The summed E-state index contributed by atoms with van der Waals surface area (Å²) >= 11 is 0. The van der Waals surface area contributed by atoms with Crippen molar-refractivity contribution in [2.75, 3.05) is 12.4 Å². The molecule has 0 spiro atoms. The zero-order valence-electron chi connectivity index (χ0n) is 9.92. The van der Waals surface area contributed by atoms with Crippen molar-refractivity contribution in [3.8, 4) is 0 Å². The monoisotopic (exact) mass is 261 g/mol. The van der Waals surface area contributed by atoms with E-state index in [0.717, 1.165) is 32.3 Å². The molecule has 98 valence electrons. The molecule has 1 aliphatic heterocycles. The molecule has 1 rings (SSSR count). The number of azide groups is 1. The van der Waals surface area contributed by atoms with Crippen molar-refractivity contribution in [2.24, 2.45) is 4.52 Å². The van der Waals surface area contributed by atoms with E-state index >= 15 is 0 Å². The Morgan fingerprint density at radius 2 is 1.76 bits per heavy atom. The Balaban J connectivity index is 1.88. The third-order valence-electron chi connectivity index (χ3n) is 2.74. The van der Waals surface area contributed by atoms with Crippen LogP contribution in [-0.2, 0) is 14.8 Å². The van der Waals surface area contributed by atoms with E-state index in [1.165, 1.54) is 12.8 Å². The number of hydrogen-bond donors (Lipinski definition) is 0. The molecule has 0 amide bonds. The molecule has 1 heterocycles. The van der Waals surface area contributed by atoms with Crippen molar-refractivity contribution in [2.45, 2.75) is 51.0 Å². The summed E-state index contributed by atoms with van der Waals surface area (Å²) in [7, 11) is -3.54. The Morgan fingerprint density at radius 3 is 2.35 bits per heavy atom. The summed E-state index contributed by atoms with van der Waals surface area (Å²) in [5.74, 6) is -0.0347. The molecule has 1 atom stereocenters. The van der Waals surface area contributed by atoms with E-state index in [0.29, 0.717) is 12.5 Å². The molecule has 0 saturated carbocycles. The van der Waals surface area contributed by atoms with E-state index in [1.807, 2.05) is 0 Å². The van der Waals surface area contributed by atoms with Gasteiger partial charge in [0.25, 0.3) is 0 Å². The quantitative estimate of drug-likeness (QED) is 0.199. The number of epoxide rings is 1. The average Bonchev–Trinajstić information content (AvgIpc) is 3.05. The largest absolute Gasteiger partial charge is 0.373 e. The van der Waals surface area contributed by atoms with Crippen LogP contribution in [0.25, 0.3) is 10.4 Å². The molecule has 0 N–H and O–H groups in total. The molecule has 1 unspecified atom stereocenters. The van der Waals surface area contributed by atoms with Crippen LogP contribution in [0.1, 0.15) is 44.9 Å². The second-order valence-electron chi connectivity index (χ2n) is 4.32. The molecule has 0 aromatic carbocycles. The molecular weight excluding hydrogens is 242 g/mol. The van der Waals surface area contributed by atoms with Crippen molar-refractivity contribution in [3.05, 3.63) is 10.4 Å². The molecule has 7 heteroatoms. The van der Waals surface area contributed by atoms with Gasteiger partial charge in [-0.3, -0.25) is 0 Å². The van der Waals surface area contributed by atoms with E-state index < -0.39 is 10.0 Å². The van der Waals surface area contributed by atoms with Gasteiger partial charge in [-0.15, -0.1) is 0 Å². The molecule has 0 aromatic rings. The van der Waals surface area contributed by atoms with Crippen molar-refractivity contribution in [3.63, 3.8) is 0 Å². The van der Waals surface area contributed by atoms with Crippen molar-refractivity contribution >= 4 is 10.0 Å². The molecule has 0 radical (unpaired) electrons. The van der Waals surface area contributed by atoms with Gasteiger partial charge in [-0.25, -0.2) is 8.42 Å². The maximum atomic E-state index is 11.0. The minimum Gasteiger partial charge on any atom is -0.373 e. The van der Waals surface area contributed by atoms with Gasteiger partial charge in [0.15, 0.2) is 0 Å². The first kappa shape index (κ1) is 14.3. The van der Waals surface area contributed by atoms with Gasteiger partial charge in [0.1, 0.15) is 0 Å². The highest BCUT2D eigenvalue weighted by molar-refractivity contribution is 7.89. The van der Waals surface area contributed by atoms with E-state index in [2.05, 4.69) is 9.43 Å². The first-order chi connectivity index (χ1) is 8.14. The average molecular weight is 261 g/mol. The van der Waals surface area contributed by atoms with E-state index in [-0.39, 0.29) is 5.75 Å². The lowest BCUT2D eigenvalue weighted by molar-refractivity contribution is 0.387. The molecule has 17 heavy (non-hydrogen) atoms. The third kappa shape index (κ3) is 8.01. The minimum atomic E-state index is -3.54. The van der Waals surface area contributed by atoms with Crippen LogP contribution >= 0.6 is 0 Å². The summed E-state index contributed by atoms with van der Waals surface area (Å²) in [5.41, 5.74) is 8.02. The summed E-state index contributed by atoms with van der Waals surface area (Å²) in [6.07, 6.45) is 7.68. The van der Waals surface area contributed by atoms with Crippen molar-refractivity contribution in [1.82, 2.24) is 0 Å². The number of sulfonamides is 1. The van der Waals surface area contributed by atoms with Crippen LogP contribution in [0.15, 0.2) is 4.52 Å². The summed E-state index contributed by atoms with van der Waals surface area (Å²) in [6, 6.07) is 0. The molecular formula is C10H19N3O3S. The molecule has 0 bridgehead atoms.